The van der Waals surface area contributed by atoms with Gasteiger partial charge in [-0.2, -0.15) is 0 Å². The number of hydrogen-bond donors (Lipinski definition) is 2. The molecule has 0 fully saturated rings. The molecule has 0 heterocycles. The number of carboxylic acids is 1. The zero-order chi connectivity index (χ0) is 14.4. The van der Waals surface area contributed by atoms with Crippen molar-refractivity contribution in [1.29, 1.82) is 0 Å². The van der Waals surface area contributed by atoms with E-state index in [0.29, 0.717) is 5.56 Å². The molecule has 0 spiro atoms. The molecular formula is C12H13BrFNO4. The van der Waals surface area contributed by atoms with Crippen LogP contribution in [0.1, 0.15) is 5.56 Å². The Bertz CT molecular complexity index is 481. The van der Waals surface area contributed by atoms with Crippen LogP contribution in [-0.4, -0.2) is 36.7 Å². The third kappa shape index (κ3) is 4.96. The van der Waals surface area contributed by atoms with Gasteiger partial charge in [-0.3, -0.25) is 4.79 Å². The highest BCUT2D eigenvalue weighted by Gasteiger charge is 2.17. The Labute approximate surface area is 117 Å². The van der Waals surface area contributed by atoms with Crippen LogP contribution in [0.4, 0.5) is 4.39 Å². The lowest BCUT2D eigenvalue weighted by Crippen LogP contribution is -2.38. The maximum atomic E-state index is 13.0. The van der Waals surface area contributed by atoms with Gasteiger partial charge in [0.25, 0.3) is 0 Å². The molecular weight excluding hydrogens is 321 g/mol. The smallest absolute Gasteiger partial charge is 0.334 e. The number of amides is 1. The van der Waals surface area contributed by atoms with Gasteiger partial charge in [0.15, 0.2) is 6.10 Å². The van der Waals surface area contributed by atoms with Gasteiger partial charge in [0, 0.05) is 7.11 Å². The van der Waals surface area contributed by atoms with Gasteiger partial charge < -0.3 is 15.2 Å². The second kappa shape index (κ2) is 7.20. The van der Waals surface area contributed by atoms with Crippen LogP contribution in [0.5, 0.6) is 0 Å². The maximum absolute atomic E-state index is 13.0. The largest absolute Gasteiger partial charge is 0.479 e. The minimum absolute atomic E-state index is 0.0366. The summed E-state index contributed by atoms with van der Waals surface area (Å²) in [5, 5.41) is 11.2. The lowest BCUT2D eigenvalue weighted by Gasteiger charge is -2.11. The molecule has 1 unspecified atom stereocenters. The van der Waals surface area contributed by atoms with Gasteiger partial charge in [0.1, 0.15) is 5.82 Å². The molecule has 1 amide bonds. The van der Waals surface area contributed by atoms with Gasteiger partial charge in [-0.05, 0) is 33.6 Å². The van der Waals surface area contributed by atoms with Crippen LogP contribution in [-0.2, 0) is 20.7 Å². The summed E-state index contributed by atoms with van der Waals surface area (Å²) < 4.78 is 17.9. The van der Waals surface area contributed by atoms with Crippen LogP contribution in [0.2, 0.25) is 0 Å². The van der Waals surface area contributed by atoms with E-state index in [1.165, 1.54) is 25.3 Å². The fourth-order valence-corrected chi connectivity index (χ4v) is 1.80. The number of carbonyl (C=O) groups is 2. The van der Waals surface area contributed by atoms with E-state index in [1.54, 1.807) is 0 Å². The van der Waals surface area contributed by atoms with Crippen LogP contribution in [0.15, 0.2) is 22.7 Å². The van der Waals surface area contributed by atoms with Crippen molar-refractivity contribution in [3.05, 3.63) is 34.1 Å². The number of carboxylic acid groups (broad SMARTS) is 1. The Morgan fingerprint density at radius 3 is 2.74 bits per heavy atom. The summed E-state index contributed by atoms with van der Waals surface area (Å²) >= 11 is 3.02. The standard InChI is InChI=1S/C12H13BrFNO4/c1-19-10(12(17)18)6-15-11(16)5-7-2-3-9(14)8(13)4-7/h2-4,10H,5-6H2,1H3,(H,15,16)(H,17,18). The van der Waals surface area contributed by atoms with Gasteiger partial charge in [0.05, 0.1) is 17.4 Å². The van der Waals surface area contributed by atoms with Gasteiger partial charge in [-0.15, -0.1) is 0 Å². The molecule has 1 atom stereocenters. The fourth-order valence-electron chi connectivity index (χ4n) is 1.38. The molecule has 0 aliphatic rings. The first-order valence-corrected chi connectivity index (χ1v) is 6.19. The van der Waals surface area contributed by atoms with E-state index in [0.717, 1.165) is 0 Å². The van der Waals surface area contributed by atoms with Crippen molar-refractivity contribution in [2.24, 2.45) is 0 Å². The van der Waals surface area contributed by atoms with Gasteiger partial charge >= 0.3 is 5.97 Å². The molecule has 0 saturated heterocycles. The first-order valence-electron chi connectivity index (χ1n) is 5.40. The molecule has 104 valence electrons. The third-order valence-electron chi connectivity index (χ3n) is 2.39. The molecule has 0 radical (unpaired) electrons. The Hall–Kier alpha value is -1.47. The summed E-state index contributed by atoms with van der Waals surface area (Å²) in [5.74, 6) is -1.91. The highest BCUT2D eigenvalue weighted by molar-refractivity contribution is 9.10. The predicted octanol–water partition coefficient (Wildman–Crippen LogP) is 1.35. The number of ether oxygens (including phenoxy) is 1. The van der Waals surface area contributed by atoms with Crippen molar-refractivity contribution >= 4 is 27.8 Å². The van der Waals surface area contributed by atoms with Crippen LogP contribution in [0.25, 0.3) is 0 Å². The van der Waals surface area contributed by atoms with Crippen molar-refractivity contribution in [3.63, 3.8) is 0 Å². The van der Waals surface area contributed by atoms with E-state index in [4.69, 9.17) is 5.11 Å². The molecule has 0 saturated carbocycles. The SMILES string of the molecule is COC(CNC(=O)Cc1ccc(F)c(Br)c1)C(=O)O. The molecule has 1 aromatic rings. The zero-order valence-electron chi connectivity index (χ0n) is 10.2. The molecule has 0 aromatic heterocycles. The number of methoxy groups -OCH3 is 1. The summed E-state index contributed by atoms with van der Waals surface area (Å²) in [4.78, 5) is 22.2. The quantitative estimate of drug-likeness (QED) is 0.823. The number of nitrogens with one attached hydrogen (secondary N) is 1. The van der Waals surface area contributed by atoms with Gasteiger partial charge in [-0.1, -0.05) is 6.07 Å². The topological polar surface area (TPSA) is 75.6 Å². The minimum Gasteiger partial charge on any atom is -0.479 e. The van der Waals surface area contributed by atoms with E-state index in [1.807, 2.05) is 0 Å². The summed E-state index contributed by atoms with van der Waals surface area (Å²) in [7, 11) is 1.25. The summed E-state index contributed by atoms with van der Waals surface area (Å²) in [6.07, 6.45) is -1.04. The maximum Gasteiger partial charge on any atom is 0.334 e. The van der Waals surface area contributed by atoms with Crippen molar-refractivity contribution in [1.82, 2.24) is 5.32 Å². The van der Waals surface area contributed by atoms with Crippen molar-refractivity contribution < 1.29 is 23.8 Å². The third-order valence-corrected chi connectivity index (χ3v) is 3.00. The first-order chi connectivity index (χ1) is 8.93. The van der Waals surface area contributed by atoms with Gasteiger partial charge in [-0.25, -0.2) is 9.18 Å². The summed E-state index contributed by atoms with van der Waals surface area (Å²) in [6.45, 7) is -0.118. The number of hydrogen-bond acceptors (Lipinski definition) is 3. The normalized spacial score (nSPS) is 11.9. The average Bonchev–Trinajstić information content (AvgIpc) is 2.34. The number of rotatable bonds is 6. The molecule has 0 aliphatic carbocycles. The molecule has 0 bridgehead atoms. The van der Waals surface area contributed by atoms with Crippen LogP contribution in [0, 0.1) is 5.82 Å². The Kier molecular flexibility index (Phi) is 5.91. The van der Waals surface area contributed by atoms with E-state index < -0.39 is 17.9 Å². The monoisotopic (exact) mass is 333 g/mol. The first kappa shape index (κ1) is 15.6. The predicted molar refractivity (Wildman–Crippen MR) is 69.2 cm³/mol. The van der Waals surface area contributed by atoms with Crippen LogP contribution >= 0.6 is 15.9 Å². The summed E-state index contributed by atoms with van der Waals surface area (Å²) in [6, 6.07) is 4.24. The Balaban J connectivity index is 2.51. The van der Waals surface area contributed by atoms with E-state index in [9.17, 15) is 14.0 Å². The number of halogens is 2. The number of carbonyl (C=O) groups excluding carboxylic acids is 1. The zero-order valence-corrected chi connectivity index (χ0v) is 11.7. The van der Waals surface area contributed by atoms with E-state index in [2.05, 4.69) is 26.0 Å². The number of aliphatic carboxylic acids is 1. The molecule has 1 rings (SSSR count). The molecule has 2 N–H and O–H groups in total. The van der Waals surface area contributed by atoms with Crippen molar-refractivity contribution in [3.8, 4) is 0 Å². The van der Waals surface area contributed by atoms with Crippen molar-refractivity contribution in [2.75, 3.05) is 13.7 Å². The van der Waals surface area contributed by atoms with Crippen LogP contribution < -0.4 is 5.32 Å². The molecule has 7 heteroatoms. The highest BCUT2D eigenvalue weighted by atomic mass is 79.9. The lowest BCUT2D eigenvalue weighted by molar-refractivity contribution is -0.148. The Morgan fingerprint density at radius 2 is 2.21 bits per heavy atom. The number of benzene rings is 1. The molecule has 5 nitrogen and oxygen atoms in total. The van der Waals surface area contributed by atoms with Gasteiger partial charge in [0.2, 0.25) is 5.91 Å². The van der Waals surface area contributed by atoms with E-state index in [-0.39, 0.29) is 23.3 Å². The van der Waals surface area contributed by atoms with E-state index >= 15 is 0 Å². The Morgan fingerprint density at radius 1 is 1.53 bits per heavy atom. The second-order valence-corrected chi connectivity index (χ2v) is 4.65. The second-order valence-electron chi connectivity index (χ2n) is 3.79. The fraction of sp³-hybridized carbons (Fsp3) is 0.333. The minimum atomic E-state index is -1.15. The van der Waals surface area contributed by atoms with Crippen molar-refractivity contribution in [2.45, 2.75) is 12.5 Å². The molecule has 1 aromatic carbocycles. The molecule has 19 heavy (non-hydrogen) atoms. The summed E-state index contributed by atoms with van der Waals surface area (Å²) in [5.41, 5.74) is 0.620. The lowest BCUT2D eigenvalue weighted by atomic mass is 10.1. The van der Waals surface area contributed by atoms with Crippen LogP contribution in [0.3, 0.4) is 0 Å². The molecule has 0 aliphatic heterocycles. The average molecular weight is 334 g/mol. The highest BCUT2D eigenvalue weighted by Crippen LogP contribution is 2.17.